The van der Waals surface area contributed by atoms with E-state index in [4.69, 9.17) is 0 Å². The second-order valence-corrected chi connectivity index (χ2v) is 7.60. The number of nitrogens with one attached hydrogen (secondary N) is 2. The van der Waals surface area contributed by atoms with Gasteiger partial charge in [-0.2, -0.15) is 5.21 Å². The van der Waals surface area contributed by atoms with Crippen LogP contribution in [0.15, 0.2) is 59.7 Å². The predicted octanol–water partition coefficient (Wildman–Crippen LogP) is 3.36. The van der Waals surface area contributed by atoms with E-state index >= 15 is 0 Å². The maximum Gasteiger partial charge on any atom is 0.279 e. The molecule has 160 valence electrons. The first-order valence-electron chi connectivity index (χ1n) is 10.6. The molecule has 2 N–H and O–H groups in total. The molecule has 9 heteroatoms. The van der Waals surface area contributed by atoms with Crippen molar-refractivity contribution in [2.24, 2.45) is 0 Å². The second-order valence-electron chi connectivity index (χ2n) is 7.60. The molecule has 0 radical (unpaired) electrons. The zero-order valence-electron chi connectivity index (χ0n) is 17.6. The molecule has 0 saturated heterocycles. The molecule has 3 heterocycles. The van der Waals surface area contributed by atoms with Crippen LogP contribution >= 0.6 is 0 Å². The van der Waals surface area contributed by atoms with E-state index in [-0.39, 0.29) is 5.56 Å². The average molecular weight is 426 g/mol. The number of hydrogen-bond acceptors (Lipinski definition) is 6. The first kappa shape index (κ1) is 19.8. The molecule has 0 fully saturated rings. The minimum Gasteiger partial charge on any atom is -0.339 e. The molecule has 0 amide bonds. The standard InChI is InChI=1S/C23H22N8O/c1-2-3-8-19-26-22-20(24-14-25-22)23(32)31(19)13-15-9-11-16(12-10-15)17-6-4-5-7-18(17)21-27-29-30-28-21/h4-7,9-12,14H,2-3,8,13H2,1H3,(H,24,25)(H,27,28,29,30). The number of rotatable bonds is 7. The Morgan fingerprint density at radius 2 is 1.84 bits per heavy atom. The molecule has 32 heavy (non-hydrogen) atoms. The third-order valence-electron chi connectivity index (χ3n) is 5.50. The van der Waals surface area contributed by atoms with Crippen molar-refractivity contribution in [2.75, 3.05) is 0 Å². The molecule has 0 spiro atoms. The number of aromatic nitrogens is 8. The van der Waals surface area contributed by atoms with Gasteiger partial charge in [-0.15, -0.1) is 10.2 Å². The number of unbranched alkanes of at least 4 members (excludes halogenated alkanes) is 1. The van der Waals surface area contributed by atoms with E-state index in [0.717, 1.165) is 47.3 Å². The van der Waals surface area contributed by atoms with Crippen LogP contribution < -0.4 is 5.56 Å². The molecule has 0 aliphatic carbocycles. The van der Waals surface area contributed by atoms with Gasteiger partial charge in [-0.1, -0.05) is 61.9 Å². The lowest BCUT2D eigenvalue weighted by Gasteiger charge is -2.13. The van der Waals surface area contributed by atoms with Crippen LogP contribution in [0.2, 0.25) is 0 Å². The Bertz CT molecular complexity index is 1400. The van der Waals surface area contributed by atoms with Crippen LogP contribution in [0.5, 0.6) is 0 Å². The summed E-state index contributed by atoms with van der Waals surface area (Å²) >= 11 is 0. The Hall–Kier alpha value is -4.14. The Morgan fingerprint density at radius 1 is 1.03 bits per heavy atom. The first-order valence-corrected chi connectivity index (χ1v) is 10.6. The summed E-state index contributed by atoms with van der Waals surface area (Å²) in [5.41, 5.74) is 4.80. The van der Waals surface area contributed by atoms with Gasteiger partial charge in [0.25, 0.3) is 5.56 Å². The molecule has 0 aliphatic rings. The van der Waals surface area contributed by atoms with Crippen molar-refractivity contribution in [1.29, 1.82) is 0 Å². The van der Waals surface area contributed by atoms with Gasteiger partial charge in [0, 0.05) is 12.0 Å². The van der Waals surface area contributed by atoms with Crippen molar-refractivity contribution >= 4 is 11.2 Å². The highest BCUT2D eigenvalue weighted by Gasteiger charge is 2.14. The van der Waals surface area contributed by atoms with Gasteiger partial charge < -0.3 is 4.98 Å². The minimum atomic E-state index is -0.0925. The summed E-state index contributed by atoms with van der Waals surface area (Å²) in [6.45, 7) is 2.58. The summed E-state index contributed by atoms with van der Waals surface area (Å²) in [5, 5.41) is 14.4. The van der Waals surface area contributed by atoms with Gasteiger partial charge >= 0.3 is 0 Å². The number of aromatic amines is 2. The van der Waals surface area contributed by atoms with Crippen molar-refractivity contribution in [2.45, 2.75) is 32.7 Å². The Balaban J connectivity index is 1.48. The Kier molecular flexibility index (Phi) is 5.29. The maximum atomic E-state index is 13.1. The molecule has 5 rings (SSSR count). The molecular formula is C23H22N8O. The van der Waals surface area contributed by atoms with Crippen molar-refractivity contribution in [1.82, 2.24) is 40.1 Å². The largest absolute Gasteiger partial charge is 0.339 e. The maximum absolute atomic E-state index is 13.1. The van der Waals surface area contributed by atoms with Crippen LogP contribution in [0.1, 0.15) is 31.2 Å². The summed E-state index contributed by atoms with van der Waals surface area (Å²) in [4.78, 5) is 24.8. The van der Waals surface area contributed by atoms with Crippen LogP contribution in [-0.2, 0) is 13.0 Å². The monoisotopic (exact) mass is 426 g/mol. The highest BCUT2D eigenvalue weighted by atomic mass is 16.1. The lowest BCUT2D eigenvalue weighted by Crippen LogP contribution is -2.26. The second kappa shape index (κ2) is 8.54. The van der Waals surface area contributed by atoms with Crippen LogP contribution in [0.4, 0.5) is 0 Å². The molecule has 0 bridgehead atoms. The van der Waals surface area contributed by atoms with Gasteiger partial charge in [0.1, 0.15) is 5.82 Å². The lowest BCUT2D eigenvalue weighted by atomic mass is 9.98. The zero-order valence-corrected chi connectivity index (χ0v) is 17.6. The normalized spacial score (nSPS) is 11.3. The van der Waals surface area contributed by atoms with E-state index in [1.54, 1.807) is 4.57 Å². The number of H-pyrrole nitrogens is 2. The number of nitrogens with zero attached hydrogens (tertiary/aromatic N) is 6. The van der Waals surface area contributed by atoms with E-state index in [1.807, 2.05) is 48.5 Å². The van der Waals surface area contributed by atoms with E-state index in [9.17, 15) is 4.79 Å². The molecule has 5 aromatic rings. The molecule has 0 atom stereocenters. The van der Waals surface area contributed by atoms with Gasteiger partial charge in [-0.25, -0.2) is 9.97 Å². The SMILES string of the molecule is CCCCc1nc2nc[nH]c2c(=O)n1Cc1ccc(-c2ccccc2-c2nn[nH]n2)cc1. The van der Waals surface area contributed by atoms with Crippen molar-refractivity contribution < 1.29 is 0 Å². The smallest absolute Gasteiger partial charge is 0.279 e. The summed E-state index contributed by atoms with van der Waals surface area (Å²) in [6, 6.07) is 16.1. The molecule has 0 saturated carbocycles. The molecule has 0 aliphatic heterocycles. The van der Waals surface area contributed by atoms with Crippen LogP contribution in [0.3, 0.4) is 0 Å². The fourth-order valence-electron chi connectivity index (χ4n) is 3.83. The van der Waals surface area contributed by atoms with E-state index in [2.05, 4.69) is 42.5 Å². The minimum absolute atomic E-state index is 0.0925. The first-order chi connectivity index (χ1) is 15.7. The third-order valence-corrected chi connectivity index (χ3v) is 5.50. The highest BCUT2D eigenvalue weighted by molar-refractivity contribution is 5.80. The summed E-state index contributed by atoms with van der Waals surface area (Å²) in [7, 11) is 0. The topological polar surface area (TPSA) is 118 Å². The van der Waals surface area contributed by atoms with E-state index in [1.165, 1.54) is 6.33 Å². The highest BCUT2D eigenvalue weighted by Crippen LogP contribution is 2.29. The van der Waals surface area contributed by atoms with Crippen LogP contribution in [0, 0.1) is 0 Å². The summed E-state index contributed by atoms with van der Waals surface area (Å²) in [6.07, 6.45) is 4.25. The van der Waals surface area contributed by atoms with Gasteiger partial charge in [-0.05, 0) is 28.3 Å². The van der Waals surface area contributed by atoms with E-state index in [0.29, 0.717) is 23.5 Å². The van der Waals surface area contributed by atoms with Crippen LogP contribution in [-0.4, -0.2) is 40.1 Å². The van der Waals surface area contributed by atoms with Crippen LogP contribution in [0.25, 0.3) is 33.7 Å². The van der Waals surface area contributed by atoms with Gasteiger partial charge in [0.2, 0.25) is 5.82 Å². The number of benzene rings is 2. The number of tetrazole rings is 1. The molecular weight excluding hydrogens is 404 g/mol. The molecule has 9 nitrogen and oxygen atoms in total. The predicted molar refractivity (Wildman–Crippen MR) is 121 cm³/mol. The summed E-state index contributed by atoms with van der Waals surface area (Å²) in [5.74, 6) is 1.32. The van der Waals surface area contributed by atoms with E-state index < -0.39 is 0 Å². The fraction of sp³-hybridized carbons (Fsp3) is 0.217. The quantitative estimate of drug-likeness (QED) is 0.412. The Labute approximate surface area is 183 Å². The van der Waals surface area contributed by atoms with Gasteiger partial charge in [0.15, 0.2) is 11.2 Å². The van der Waals surface area contributed by atoms with Gasteiger partial charge in [-0.3, -0.25) is 9.36 Å². The Morgan fingerprint density at radius 3 is 2.59 bits per heavy atom. The van der Waals surface area contributed by atoms with Crippen molar-refractivity contribution in [3.05, 3.63) is 76.6 Å². The number of aryl methyl sites for hydroxylation is 1. The number of fused-ring (bicyclic) bond motifs is 1. The zero-order chi connectivity index (χ0) is 21.9. The van der Waals surface area contributed by atoms with Crippen molar-refractivity contribution in [3.63, 3.8) is 0 Å². The molecule has 3 aromatic heterocycles. The fourth-order valence-corrected chi connectivity index (χ4v) is 3.83. The average Bonchev–Trinajstić information content (AvgIpc) is 3.53. The molecule has 2 aromatic carbocycles. The number of imidazole rings is 1. The number of hydrogen-bond donors (Lipinski definition) is 2. The summed E-state index contributed by atoms with van der Waals surface area (Å²) < 4.78 is 1.75. The van der Waals surface area contributed by atoms with Gasteiger partial charge in [0.05, 0.1) is 12.9 Å². The lowest BCUT2D eigenvalue weighted by molar-refractivity contribution is 0.645. The van der Waals surface area contributed by atoms with Crippen molar-refractivity contribution in [3.8, 4) is 22.5 Å². The molecule has 0 unspecified atom stereocenters. The third kappa shape index (κ3) is 3.68.